The number of fused-ring (bicyclic) bond motifs is 1. The van der Waals surface area contributed by atoms with E-state index in [1.54, 1.807) is 7.11 Å². The summed E-state index contributed by atoms with van der Waals surface area (Å²) in [5.74, 6) is 2.90. The molecule has 1 aromatic heterocycles. The van der Waals surface area contributed by atoms with Crippen LogP contribution in [0.5, 0.6) is 5.75 Å². The molecule has 0 bridgehead atoms. The normalized spacial score (nSPS) is 17.5. The van der Waals surface area contributed by atoms with Gasteiger partial charge in [0.2, 0.25) is 0 Å². The molecule has 0 unspecified atom stereocenters. The molecule has 0 radical (unpaired) electrons. The van der Waals surface area contributed by atoms with Gasteiger partial charge >= 0.3 is 0 Å². The lowest BCUT2D eigenvalue weighted by molar-refractivity contribution is 0.205. The first kappa shape index (κ1) is 14.7. The van der Waals surface area contributed by atoms with Crippen LogP contribution in [0.4, 0.5) is 0 Å². The SMILES string of the molecule is COc1cccc2c1nc(CCl)n2CC1CCN(C)CC1. The van der Waals surface area contributed by atoms with E-state index in [9.17, 15) is 0 Å². The van der Waals surface area contributed by atoms with Gasteiger partial charge in [0.05, 0.1) is 18.5 Å². The molecule has 2 aromatic rings. The van der Waals surface area contributed by atoms with E-state index in [0.29, 0.717) is 11.8 Å². The van der Waals surface area contributed by atoms with Gasteiger partial charge < -0.3 is 14.2 Å². The minimum atomic E-state index is 0.435. The molecule has 1 fully saturated rings. The second-order valence-electron chi connectivity index (χ2n) is 5.85. The fraction of sp³-hybridized carbons (Fsp3) is 0.562. The van der Waals surface area contributed by atoms with Gasteiger partial charge in [-0.3, -0.25) is 0 Å². The Morgan fingerprint density at radius 2 is 2.10 bits per heavy atom. The molecule has 5 heteroatoms. The summed E-state index contributed by atoms with van der Waals surface area (Å²) < 4.78 is 7.70. The molecule has 0 aliphatic carbocycles. The zero-order chi connectivity index (χ0) is 14.8. The van der Waals surface area contributed by atoms with Gasteiger partial charge in [0.1, 0.15) is 17.1 Å². The Bertz CT molecular complexity index is 617. The highest BCUT2D eigenvalue weighted by Crippen LogP contribution is 2.28. The third-order valence-corrected chi connectivity index (χ3v) is 4.68. The van der Waals surface area contributed by atoms with Crippen molar-refractivity contribution in [2.75, 3.05) is 27.2 Å². The second-order valence-corrected chi connectivity index (χ2v) is 6.11. The van der Waals surface area contributed by atoms with Gasteiger partial charge in [0.15, 0.2) is 0 Å². The first-order valence-electron chi connectivity index (χ1n) is 7.49. The molecule has 0 amide bonds. The molecule has 1 aromatic carbocycles. The van der Waals surface area contributed by atoms with Crippen LogP contribution in [0.15, 0.2) is 18.2 Å². The van der Waals surface area contributed by atoms with Gasteiger partial charge in [-0.1, -0.05) is 6.07 Å². The largest absolute Gasteiger partial charge is 0.494 e. The van der Waals surface area contributed by atoms with E-state index in [-0.39, 0.29) is 0 Å². The number of rotatable bonds is 4. The van der Waals surface area contributed by atoms with E-state index in [1.807, 2.05) is 12.1 Å². The summed E-state index contributed by atoms with van der Waals surface area (Å²) in [6, 6.07) is 6.08. The zero-order valence-corrected chi connectivity index (χ0v) is 13.4. The maximum absolute atomic E-state index is 6.11. The first-order valence-corrected chi connectivity index (χ1v) is 8.03. The molecule has 1 aliphatic rings. The van der Waals surface area contributed by atoms with Crippen LogP contribution in [0.2, 0.25) is 0 Å². The van der Waals surface area contributed by atoms with Crippen LogP contribution in [0.1, 0.15) is 18.7 Å². The van der Waals surface area contributed by atoms with Crippen LogP contribution in [0, 0.1) is 5.92 Å². The number of nitrogens with zero attached hydrogens (tertiary/aromatic N) is 3. The smallest absolute Gasteiger partial charge is 0.146 e. The highest BCUT2D eigenvalue weighted by molar-refractivity contribution is 6.16. The summed E-state index contributed by atoms with van der Waals surface area (Å²) >= 11 is 6.11. The van der Waals surface area contributed by atoms with Gasteiger partial charge in [-0.2, -0.15) is 0 Å². The molecule has 2 heterocycles. The summed E-state index contributed by atoms with van der Waals surface area (Å²) in [7, 11) is 3.88. The van der Waals surface area contributed by atoms with Crippen molar-refractivity contribution in [1.82, 2.24) is 14.5 Å². The summed E-state index contributed by atoms with van der Waals surface area (Å²) in [4.78, 5) is 7.07. The number of benzene rings is 1. The second kappa shape index (κ2) is 6.24. The number of halogens is 1. The number of hydrogen-bond donors (Lipinski definition) is 0. The van der Waals surface area contributed by atoms with Crippen molar-refractivity contribution >= 4 is 22.6 Å². The average Bonchev–Trinajstić information content (AvgIpc) is 2.87. The van der Waals surface area contributed by atoms with Crippen molar-refractivity contribution in [3.8, 4) is 5.75 Å². The molecule has 4 nitrogen and oxygen atoms in total. The zero-order valence-electron chi connectivity index (χ0n) is 12.7. The number of likely N-dealkylation sites (tertiary alicyclic amines) is 1. The number of piperidine rings is 1. The molecular formula is C16H22ClN3O. The summed E-state index contributed by atoms with van der Waals surface area (Å²) in [5.41, 5.74) is 2.05. The Hall–Kier alpha value is -1.26. The number of methoxy groups -OCH3 is 1. The number of hydrogen-bond acceptors (Lipinski definition) is 3. The van der Waals surface area contributed by atoms with Crippen molar-refractivity contribution < 1.29 is 4.74 Å². The first-order chi connectivity index (χ1) is 10.2. The fourth-order valence-corrected chi connectivity index (χ4v) is 3.35. The van der Waals surface area contributed by atoms with Crippen LogP contribution in [-0.2, 0) is 12.4 Å². The Labute approximate surface area is 130 Å². The summed E-state index contributed by atoms with van der Waals surface area (Å²) in [6.07, 6.45) is 2.48. The van der Waals surface area contributed by atoms with Gasteiger partial charge in [-0.25, -0.2) is 4.98 Å². The molecule has 21 heavy (non-hydrogen) atoms. The molecular weight excluding hydrogens is 286 g/mol. The molecule has 0 saturated carbocycles. The number of ether oxygens (including phenoxy) is 1. The Kier molecular flexibility index (Phi) is 4.36. The van der Waals surface area contributed by atoms with Crippen molar-refractivity contribution in [2.24, 2.45) is 5.92 Å². The average molecular weight is 308 g/mol. The number of para-hydroxylation sites is 1. The maximum atomic E-state index is 6.11. The highest BCUT2D eigenvalue weighted by Gasteiger charge is 2.20. The van der Waals surface area contributed by atoms with Crippen molar-refractivity contribution in [1.29, 1.82) is 0 Å². The van der Waals surface area contributed by atoms with Crippen LogP contribution >= 0.6 is 11.6 Å². The van der Waals surface area contributed by atoms with Gasteiger partial charge in [-0.05, 0) is 51.0 Å². The lowest BCUT2D eigenvalue weighted by Crippen LogP contribution is -2.32. The van der Waals surface area contributed by atoms with Gasteiger partial charge in [0, 0.05) is 6.54 Å². The predicted octanol–water partition coefficient (Wildman–Crippen LogP) is 3.13. The van der Waals surface area contributed by atoms with E-state index in [2.05, 4.69) is 27.6 Å². The van der Waals surface area contributed by atoms with E-state index < -0.39 is 0 Å². The minimum absolute atomic E-state index is 0.435. The van der Waals surface area contributed by atoms with Crippen LogP contribution in [0.3, 0.4) is 0 Å². The lowest BCUT2D eigenvalue weighted by atomic mass is 9.97. The van der Waals surface area contributed by atoms with Crippen LogP contribution in [-0.4, -0.2) is 41.7 Å². The third-order valence-electron chi connectivity index (χ3n) is 4.44. The van der Waals surface area contributed by atoms with Crippen molar-refractivity contribution in [3.63, 3.8) is 0 Å². The monoisotopic (exact) mass is 307 g/mol. The number of aromatic nitrogens is 2. The van der Waals surface area contributed by atoms with E-state index in [0.717, 1.165) is 29.2 Å². The van der Waals surface area contributed by atoms with E-state index in [4.69, 9.17) is 16.3 Å². The Morgan fingerprint density at radius 1 is 1.33 bits per heavy atom. The molecule has 3 rings (SSSR count). The standard InChI is InChI=1S/C16H22ClN3O/c1-19-8-6-12(7-9-19)11-20-13-4-3-5-14(21-2)16(13)18-15(20)10-17/h3-5,12H,6-11H2,1-2H3. The number of alkyl halides is 1. The minimum Gasteiger partial charge on any atom is -0.494 e. The molecule has 0 spiro atoms. The van der Waals surface area contributed by atoms with Gasteiger partial charge in [0.25, 0.3) is 0 Å². The Balaban J connectivity index is 1.93. The predicted molar refractivity (Wildman–Crippen MR) is 86.1 cm³/mol. The lowest BCUT2D eigenvalue weighted by Gasteiger charge is -2.29. The van der Waals surface area contributed by atoms with Crippen molar-refractivity contribution in [2.45, 2.75) is 25.3 Å². The van der Waals surface area contributed by atoms with Gasteiger partial charge in [-0.15, -0.1) is 11.6 Å². The molecule has 114 valence electrons. The van der Waals surface area contributed by atoms with E-state index >= 15 is 0 Å². The highest BCUT2D eigenvalue weighted by atomic mass is 35.5. The molecule has 0 atom stereocenters. The molecule has 0 N–H and O–H groups in total. The van der Waals surface area contributed by atoms with Crippen LogP contribution in [0.25, 0.3) is 11.0 Å². The fourth-order valence-electron chi connectivity index (χ4n) is 3.14. The Morgan fingerprint density at radius 3 is 2.76 bits per heavy atom. The summed E-state index contributed by atoms with van der Waals surface area (Å²) in [5, 5.41) is 0. The maximum Gasteiger partial charge on any atom is 0.146 e. The van der Waals surface area contributed by atoms with E-state index in [1.165, 1.54) is 25.9 Å². The third kappa shape index (κ3) is 2.87. The molecule has 1 aliphatic heterocycles. The topological polar surface area (TPSA) is 30.3 Å². The summed E-state index contributed by atoms with van der Waals surface area (Å²) in [6.45, 7) is 3.35. The van der Waals surface area contributed by atoms with Crippen LogP contribution < -0.4 is 4.74 Å². The quantitative estimate of drug-likeness (QED) is 0.813. The molecule has 1 saturated heterocycles. The number of imidazole rings is 1. The van der Waals surface area contributed by atoms with Crippen molar-refractivity contribution in [3.05, 3.63) is 24.0 Å².